The highest BCUT2D eigenvalue weighted by Gasteiger charge is 2.34. The number of amides is 2. The van der Waals surface area contributed by atoms with E-state index in [1.165, 1.54) is 0 Å². The largest absolute Gasteiger partial charge is 0.354 e. The normalized spacial score (nSPS) is 18.2. The maximum Gasteiger partial charge on any atom is 0.243 e. The first-order chi connectivity index (χ1) is 11.4. The van der Waals surface area contributed by atoms with E-state index in [4.69, 9.17) is 5.73 Å². The summed E-state index contributed by atoms with van der Waals surface area (Å²) >= 11 is 0. The second-order valence-electron chi connectivity index (χ2n) is 7.17. The molecule has 1 aliphatic rings. The van der Waals surface area contributed by atoms with Crippen molar-refractivity contribution >= 4 is 11.8 Å². The number of nitrogens with zero attached hydrogens (tertiary/aromatic N) is 1. The SMILES string of the molecule is CC(C)CC(=O)N1Cc2ccccc2CC1C(=O)NCCC(C)N. The summed E-state index contributed by atoms with van der Waals surface area (Å²) < 4.78 is 0. The average Bonchev–Trinajstić information content (AvgIpc) is 2.52. The highest BCUT2D eigenvalue weighted by molar-refractivity contribution is 5.88. The molecule has 0 bridgehead atoms. The van der Waals surface area contributed by atoms with Crippen molar-refractivity contribution in [2.24, 2.45) is 11.7 Å². The number of hydrogen-bond acceptors (Lipinski definition) is 3. The smallest absolute Gasteiger partial charge is 0.243 e. The van der Waals surface area contributed by atoms with Crippen molar-refractivity contribution in [3.8, 4) is 0 Å². The van der Waals surface area contributed by atoms with Crippen molar-refractivity contribution in [1.29, 1.82) is 0 Å². The van der Waals surface area contributed by atoms with Gasteiger partial charge in [-0.25, -0.2) is 0 Å². The van der Waals surface area contributed by atoms with Crippen LogP contribution in [-0.4, -0.2) is 35.3 Å². The molecule has 0 spiro atoms. The van der Waals surface area contributed by atoms with E-state index in [1.807, 2.05) is 45.0 Å². The minimum Gasteiger partial charge on any atom is -0.354 e. The summed E-state index contributed by atoms with van der Waals surface area (Å²) in [6.07, 6.45) is 1.77. The van der Waals surface area contributed by atoms with E-state index in [-0.39, 0.29) is 23.8 Å². The van der Waals surface area contributed by atoms with Gasteiger partial charge in [-0.2, -0.15) is 0 Å². The maximum atomic E-state index is 12.6. The molecular weight excluding hydrogens is 302 g/mol. The zero-order chi connectivity index (χ0) is 17.7. The summed E-state index contributed by atoms with van der Waals surface area (Å²) in [5.41, 5.74) is 8.02. The molecule has 5 heteroatoms. The molecule has 2 amide bonds. The van der Waals surface area contributed by atoms with Crippen LogP contribution in [0.15, 0.2) is 24.3 Å². The first-order valence-electron chi connectivity index (χ1n) is 8.78. The fourth-order valence-electron chi connectivity index (χ4n) is 3.03. The topological polar surface area (TPSA) is 75.4 Å². The first kappa shape index (κ1) is 18.5. The van der Waals surface area contributed by atoms with Gasteiger partial charge in [0, 0.05) is 32.0 Å². The third kappa shape index (κ3) is 4.81. The number of benzene rings is 1. The van der Waals surface area contributed by atoms with E-state index < -0.39 is 6.04 Å². The number of rotatable bonds is 6. The Hall–Kier alpha value is -1.88. The van der Waals surface area contributed by atoms with Gasteiger partial charge in [0.15, 0.2) is 0 Å². The zero-order valence-electron chi connectivity index (χ0n) is 14.9. The lowest BCUT2D eigenvalue weighted by molar-refractivity contribution is -0.142. The number of nitrogens with two attached hydrogens (primary N) is 1. The van der Waals surface area contributed by atoms with Crippen LogP contribution in [0.5, 0.6) is 0 Å². The molecule has 2 unspecified atom stereocenters. The summed E-state index contributed by atoms with van der Waals surface area (Å²) in [5.74, 6) is 0.241. The lowest BCUT2D eigenvalue weighted by Crippen LogP contribution is -2.53. The quantitative estimate of drug-likeness (QED) is 0.835. The van der Waals surface area contributed by atoms with E-state index in [9.17, 15) is 9.59 Å². The van der Waals surface area contributed by atoms with Gasteiger partial charge in [-0.15, -0.1) is 0 Å². The van der Waals surface area contributed by atoms with Gasteiger partial charge in [-0.05, 0) is 30.4 Å². The zero-order valence-corrected chi connectivity index (χ0v) is 14.9. The predicted molar refractivity (Wildman–Crippen MR) is 95.2 cm³/mol. The summed E-state index contributed by atoms with van der Waals surface area (Å²) in [5, 5.41) is 2.94. The van der Waals surface area contributed by atoms with Crippen molar-refractivity contribution in [3.63, 3.8) is 0 Å². The minimum atomic E-state index is -0.431. The Kier molecular flexibility index (Phi) is 6.37. The van der Waals surface area contributed by atoms with Crippen molar-refractivity contribution < 1.29 is 9.59 Å². The molecule has 24 heavy (non-hydrogen) atoms. The number of carbonyl (C=O) groups excluding carboxylic acids is 2. The van der Waals surface area contributed by atoms with Crippen LogP contribution in [0, 0.1) is 5.92 Å². The Morgan fingerprint density at radius 2 is 1.92 bits per heavy atom. The van der Waals surface area contributed by atoms with Gasteiger partial charge in [-0.3, -0.25) is 9.59 Å². The third-order valence-corrected chi connectivity index (χ3v) is 4.35. The van der Waals surface area contributed by atoms with Crippen LogP contribution in [0.1, 0.15) is 44.7 Å². The van der Waals surface area contributed by atoms with Crippen LogP contribution < -0.4 is 11.1 Å². The summed E-state index contributed by atoms with van der Waals surface area (Å²) in [6, 6.07) is 7.66. The fourth-order valence-corrected chi connectivity index (χ4v) is 3.03. The second kappa shape index (κ2) is 8.29. The molecule has 1 aromatic carbocycles. The van der Waals surface area contributed by atoms with E-state index in [1.54, 1.807) is 4.90 Å². The molecule has 0 saturated heterocycles. The van der Waals surface area contributed by atoms with Gasteiger partial charge in [0.25, 0.3) is 0 Å². The Labute approximate surface area is 144 Å². The van der Waals surface area contributed by atoms with Crippen LogP contribution in [0.4, 0.5) is 0 Å². The van der Waals surface area contributed by atoms with Gasteiger partial charge in [0.05, 0.1) is 0 Å². The Balaban J connectivity index is 2.14. The van der Waals surface area contributed by atoms with Crippen molar-refractivity contribution in [3.05, 3.63) is 35.4 Å². The predicted octanol–water partition coefficient (Wildman–Crippen LogP) is 1.84. The lowest BCUT2D eigenvalue weighted by Gasteiger charge is -2.36. The molecule has 0 aliphatic carbocycles. The number of fused-ring (bicyclic) bond motifs is 1. The van der Waals surface area contributed by atoms with Crippen LogP contribution in [0.25, 0.3) is 0 Å². The molecule has 1 aromatic rings. The molecule has 1 heterocycles. The van der Waals surface area contributed by atoms with Crippen LogP contribution in [0.3, 0.4) is 0 Å². The van der Waals surface area contributed by atoms with Crippen molar-refractivity contribution in [2.75, 3.05) is 6.54 Å². The fraction of sp³-hybridized carbons (Fsp3) is 0.579. The number of hydrogen-bond donors (Lipinski definition) is 2. The van der Waals surface area contributed by atoms with Gasteiger partial charge < -0.3 is 16.0 Å². The molecule has 0 saturated carbocycles. The monoisotopic (exact) mass is 331 g/mol. The molecule has 2 rings (SSSR count). The Bertz CT molecular complexity index is 584. The Morgan fingerprint density at radius 1 is 1.25 bits per heavy atom. The lowest BCUT2D eigenvalue weighted by atomic mass is 9.92. The molecule has 0 aromatic heterocycles. The van der Waals surface area contributed by atoms with Crippen LogP contribution >= 0.6 is 0 Å². The number of nitrogens with one attached hydrogen (secondary N) is 1. The van der Waals surface area contributed by atoms with Gasteiger partial charge in [0.1, 0.15) is 6.04 Å². The Morgan fingerprint density at radius 3 is 2.54 bits per heavy atom. The van der Waals surface area contributed by atoms with Gasteiger partial charge in [0.2, 0.25) is 11.8 Å². The van der Waals surface area contributed by atoms with Gasteiger partial charge >= 0.3 is 0 Å². The third-order valence-electron chi connectivity index (χ3n) is 4.35. The van der Waals surface area contributed by atoms with Crippen molar-refractivity contribution in [1.82, 2.24) is 10.2 Å². The molecule has 0 fully saturated rings. The molecule has 3 N–H and O–H groups in total. The van der Waals surface area contributed by atoms with E-state index >= 15 is 0 Å². The number of carbonyl (C=O) groups is 2. The molecule has 1 aliphatic heterocycles. The summed E-state index contributed by atoms with van der Waals surface area (Å²) in [6.45, 7) is 7.01. The molecule has 5 nitrogen and oxygen atoms in total. The second-order valence-corrected chi connectivity index (χ2v) is 7.17. The highest BCUT2D eigenvalue weighted by atomic mass is 16.2. The minimum absolute atomic E-state index is 0.0480. The first-order valence-corrected chi connectivity index (χ1v) is 8.78. The highest BCUT2D eigenvalue weighted by Crippen LogP contribution is 2.25. The van der Waals surface area contributed by atoms with Crippen LogP contribution in [0.2, 0.25) is 0 Å². The average molecular weight is 331 g/mol. The van der Waals surface area contributed by atoms with E-state index in [0.29, 0.717) is 25.9 Å². The van der Waals surface area contributed by atoms with Crippen molar-refractivity contribution in [2.45, 2.75) is 58.7 Å². The molecule has 132 valence electrons. The summed E-state index contributed by atoms with van der Waals surface area (Å²) in [7, 11) is 0. The standard InChI is InChI=1S/C19H29N3O2/c1-13(2)10-18(23)22-12-16-7-5-4-6-15(16)11-17(22)19(24)21-9-8-14(3)20/h4-7,13-14,17H,8-12,20H2,1-3H3,(H,21,24). The summed E-state index contributed by atoms with van der Waals surface area (Å²) in [4.78, 5) is 27.0. The van der Waals surface area contributed by atoms with Gasteiger partial charge in [-0.1, -0.05) is 38.1 Å². The van der Waals surface area contributed by atoms with E-state index in [2.05, 4.69) is 5.32 Å². The van der Waals surface area contributed by atoms with Crippen LogP contribution in [-0.2, 0) is 22.6 Å². The molecular formula is C19H29N3O2. The molecule has 2 atom stereocenters. The maximum absolute atomic E-state index is 12.6. The van der Waals surface area contributed by atoms with E-state index in [0.717, 1.165) is 17.5 Å². The molecule has 0 radical (unpaired) electrons.